The number of hydrogen-bond acceptors (Lipinski definition) is 8. The molecule has 2 aliphatic rings. The predicted octanol–water partition coefficient (Wildman–Crippen LogP) is 1.80. The Balaban J connectivity index is 1.42. The normalized spacial score (nSPS) is 20.3. The number of β-amino-alcohol motifs (C(OH)–C–C–N with tert-alkyl or cyclic N) is 1. The molecule has 5 rings (SSSR count). The summed E-state index contributed by atoms with van der Waals surface area (Å²) in [4.78, 5) is 39.1. The van der Waals surface area contributed by atoms with Crippen molar-refractivity contribution >= 4 is 22.8 Å². The predicted molar refractivity (Wildman–Crippen MR) is 139 cm³/mol. The van der Waals surface area contributed by atoms with Crippen LogP contribution in [0.15, 0.2) is 24.5 Å². The van der Waals surface area contributed by atoms with Crippen molar-refractivity contribution in [2.45, 2.75) is 51.4 Å². The first-order chi connectivity index (χ1) is 18.3. The van der Waals surface area contributed by atoms with Crippen LogP contribution in [0.25, 0.3) is 22.3 Å². The van der Waals surface area contributed by atoms with Gasteiger partial charge in [-0.1, -0.05) is 0 Å². The number of aromatic nitrogens is 3. The number of H-pyrrole nitrogens is 1. The molecule has 2 aromatic heterocycles. The molecule has 2 amide bonds. The molecule has 3 atom stereocenters. The molecule has 1 aromatic carbocycles. The summed E-state index contributed by atoms with van der Waals surface area (Å²) in [6, 6.07) is 5.02. The Morgan fingerprint density at radius 3 is 2.74 bits per heavy atom. The second-order valence-electron chi connectivity index (χ2n) is 10.1. The molecule has 1 aliphatic carbocycles. The second-order valence-corrected chi connectivity index (χ2v) is 10.1. The van der Waals surface area contributed by atoms with Crippen LogP contribution in [0, 0.1) is 12.8 Å². The standard InChI is InChI=1S/C27H33N5O6/c1-14-22(26(35)31-19-8-9-32(11-20(19)34)27(36)15(2)33)24-25(30-14)23(28-13-29-24)18-10-17(37-3)6-7-21(18)38-12-16-4-5-16/h6-7,10,13,15-16,19-20,30,33-34H,4-5,8-9,11-12H2,1-3H3,(H,31,35)/t15-,19+,20-/m0/s1. The molecule has 1 saturated carbocycles. The van der Waals surface area contributed by atoms with Gasteiger partial charge < -0.3 is 34.9 Å². The van der Waals surface area contributed by atoms with Gasteiger partial charge in [0, 0.05) is 24.3 Å². The number of carbonyl (C=O) groups excluding carboxylic acids is 2. The molecule has 202 valence electrons. The zero-order chi connectivity index (χ0) is 27.0. The van der Waals surface area contributed by atoms with Crippen LogP contribution in [0.1, 0.15) is 42.2 Å². The van der Waals surface area contributed by atoms with E-state index in [0.29, 0.717) is 65.0 Å². The molecule has 38 heavy (non-hydrogen) atoms. The van der Waals surface area contributed by atoms with E-state index in [0.717, 1.165) is 5.56 Å². The lowest BCUT2D eigenvalue weighted by Crippen LogP contribution is -2.56. The van der Waals surface area contributed by atoms with Crippen LogP contribution in [0.5, 0.6) is 11.5 Å². The van der Waals surface area contributed by atoms with Crippen molar-refractivity contribution in [2.75, 3.05) is 26.8 Å². The van der Waals surface area contributed by atoms with Crippen LogP contribution in [-0.2, 0) is 4.79 Å². The smallest absolute Gasteiger partial charge is 0.255 e. The number of aliphatic hydroxyl groups excluding tert-OH is 2. The Morgan fingerprint density at radius 1 is 1.26 bits per heavy atom. The van der Waals surface area contributed by atoms with Crippen molar-refractivity contribution in [3.63, 3.8) is 0 Å². The van der Waals surface area contributed by atoms with Gasteiger partial charge in [0.25, 0.3) is 11.8 Å². The second kappa shape index (κ2) is 10.6. The molecule has 3 heterocycles. The molecule has 0 spiro atoms. The first-order valence-electron chi connectivity index (χ1n) is 12.9. The van der Waals surface area contributed by atoms with Gasteiger partial charge in [-0.05, 0) is 57.2 Å². The first kappa shape index (κ1) is 25.9. The highest BCUT2D eigenvalue weighted by atomic mass is 16.5. The third kappa shape index (κ3) is 5.16. The molecule has 0 radical (unpaired) electrons. The van der Waals surface area contributed by atoms with Crippen molar-refractivity contribution in [1.29, 1.82) is 0 Å². The largest absolute Gasteiger partial charge is 0.497 e. The SMILES string of the molecule is COc1ccc(OCC2CC2)c(-c2ncnc3c(C(=O)N[C@@H]4CCN(C(=O)[C@H](C)O)C[C@@H]4O)c(C)[nH]c23)c1. The van der Waals surface area contributed by atoms with Gasteiger partial charge in [0.05, 0.1) is 36.9 Å². The highest BCUT2D eigenvalue weighted by Gasteiger charge is 2.33. The number of piperidine rings is 1. The van der Waals surface area contributed by atoms with Crippen LogP contribution in [0.2, 0.25) is 0 Å². The van der Waals surface area contributed by atoms with Gasteiger partial charge in [-0.25, -0.2) is 9.97 Å². The van der Waals surface area contributed by atoms with Gasteiger partial charge in [0.2, 0.25) is 0 Å². The van der Waals surface area contributed by atoms with E-state index in [1.165, 1.54) is 31.0 Å². The number of aryl methyl sites for hydroxylation is 1. The fourth-order valence-corrected chi connectivity index (χ4v) is 4.85. The van der Waals surface area contributed by atoms with E-state index in [9.17, 15) is 19.8 Å². The van der Waals surface area contributed by atoms with E-state index in [-0.39, 0.29) is 12.5 Å². The lowest BCUT2D eigenvalue weighted by atomic mass is 10.0. The van der Waals surface area contributed by atoms with Gasteiger partial charge in [0.1, 0.15) is 35.1 Å². The summed E-state index contributed by atoms with van der Waals surface area (Å²) >= 11 is 0. The summed E-state index contributed by atoms with van der Waals surface area (Å²) in [5.74, 6) is 1.08. The third-order valence-corrected chi connectivity index (χ3v) is 7.18. The van der Waals surface area contributed by atoms with E-state index in [1.54, 1.807) is 14.0 Å². The molecule has 1 aliphatic heterocycles. The molecular weight excluding hydrogens is 490 g/mol. The number of carbonyl (C=O) groups is 2. The van der Waals surface area contributed by atoms with Gasteiger partial charge in [-0.2, -0.15) is 0 Å². The van der Waals surface area contributed by atoms with E-state index >= 15 is 0 Å². The van der Waals surface area contributed by atoms with E-state index in [1.807, 2.05) is 18.2 Å². The maximum Gasteiger partial charge on any atom is 0.255 e. The number of nitrogens with one attached hydrogen (secondary N) is 2. The first-order valence-corrected chi connectivity index (χ1v) is 12.9. The average Bonchev–Trinajstić information content (AvgIpc) is 3.67. The number of rotatable bonds is 8. The quantitative estimate of drug-likeness (QED) is 0.349. The fourth-order valence-electron chi connectivity index (χ4n) is 4.85. The molecule has 0 unspecified atom stereocenters. The minimum atomic E-state index is -1.14. The topological polar surface area (TPSA) is 150 Å². The Bertz CT molecular complexity index is 1350. The van der Waals surface area contributed by atoms with Crippen LogP contribution in [-0.4, -0.2) is 86.9 Å². The summed E-state index contributed by atoms with van der Waals surface area (Å²) in [7, 11) is 1.60. The lowest BCUT2D eigenvalue weighted by Gasteiger charge is -2.36. The van der Waals surface area contributed by atoms with Crippen LogP contribution in [0.4, 0.5) is 0 Å². The van der Waals surface area contributed by atoms with Crippen molar-refractivity contribution in [3.05, 3.63) is 35.8 Å². The minimum absolute atomic E-state index is 0.0351. The molecule has 4 N–H and O–H groups in total. The maximum absolute atomic E-state index is 13.4. The van der Waals surface area contributed by atoms with Gasteiger partial charge in [-0.15, -0.1) is 0 Å². The van der Waals surface area contributed by atoms with Gasteiger partial charge in [-0.3, -0.25) is 9.59 Å². The summed E-state index contributed by atoms with van der Waals surface area (Å²) in [6.45, 7) is 4.18. The molecule has 3 aromatic rings. The Kier molecular flexibility index (Phi) is 7.22. The highest BCUT2D eigenvalue weighted by Crippen LogP contribution is 2.38. The number of benzene rings is 1. The number of aromatic amines is 1. The summed E-state index contributed by atoms with van der Waals surface area (Å²) in [5, 5.41) is 23.1. The van der Waals surface area contributed by atoms with Crippen molar-refractivity contribution in [1.82, 2.24) is 25.2 Å². The van der Waals surface area contributed by atoms with Gasteiger partial charge >= 0.3 is 0 Å². The van der Waals surface area contributed by atoms with Crippen molar-refractivity contribution in [2.24, 2.45) is 5.92 Å². The lowest BCUT2D eigenvalue weighted by molar-refractivity contribution is -0.142. The monoisotopic (exact) mass is 523 g/mol. The highest BCUT2D eigenvalue weighted by molar-refractivity contribution is 6.09. The number of fused-ring (bicyclic) bond motifs is 1. The molecule has 0 bridgehead atoms. The minimum Gasteiger partial charge on any atom is -0.497 e. The number of ether oxygens (including phenoxy) is 2. The van der Waals surface area contributed by atoms with E-state index in [2.05, 4.69) is 20.3 Å². The number of hydrogen-bond donors (Lipinski definition) is 4. The third-order valence-electron chi connectivity index (χ3n) is 7.18. The van der Waals surface area contributed by atoms with Crippen molar-refractivity contribution < 1.29 is 29.3 Å². The summed E-state index contributed by atoms with van der Waals surface area (Å²) in [6.07, 6.45) is 2.01. The van der Waals surface area contributed by atoms with Crippen LogP contribution in [0.3, 0.4) is 0 Å². The van der Waals surface area contributed by atoms with Gasteiger partial charge in [0.15, 0.2) is 0 Å². The Hall–Kier alpha value is -3.70. The summed E-state index contributed by atoms with van der Waals surface area (Å²) < 4.78 is 11.6. The van der Waals surface area contributed by atoms with Crippen molar-refractivity contribution in [3.8, 4) is 22.8 Å². The summed E-state index contributed by atoms with van der Waals surface area (Å²) in [5.41, 5.74) is 3.35. The molecule has 11 nitrogen and oxygen atoms in total. The number of likely N-dealkylation sites (tertiary alicyclic amines) is 1. The number of aliphatic hydroxyl groups is 2. The molecule has 11 heteroatoms. The zero-order valence-electron chi connectivity index (χ0n) is 21.7. The van der Waals surface area contributed by atoms with E-state index in [4.69, 9.17) is 9.47 Å². The maximum atomic E-state index is 13.4. The van der Waals surface area contributed by atoms with E-state index < -0.39 is 24.2 Å². The zero-order valence-corrected chi connectivity index (χ0v) is 21.7. The Labute approximate surface area is 220 Å². The Morgan fingerprint density at radius 2 is 2.05 bits per heavy atom. The molecule has 1 saturated heterocycles. The number of nitrogens with zero attached hydrogens (tertiary/aromatic N) is 3. The number of methoxy groups -OCH3 is 1. The number of amides is 2. The molecule has 2 fully saturated rings. The fraction of sp³-hybridized carbons (Fsp3) is 0.481. The molecular formula is C27H33N5O6. The average molecular weight is 524 g/mol. The van der Waals surface area contributed by atoms with Crippen LogP contribution >= 0.6 is 0 Å². The van der Waals surface area contributed by atoms with Crippen LogP contribution < -0.4 is 14.8 Å².